The highest BCUT2D eigenvalue weighted by Crippen LogP contribution is 2.36. The van der Waals surface area contributed by atoms with Gasteiger partial charge >= 0.3 is 0 Å². The quantitative estimate of drug-likeness (QED) is 0.699. The van der Waals surface area contributed by atoms with Crippen molar-refractivity contribution in [2.24, 2.45) is 0 Å². The first-order chi connectivity index (χ1) is 14.3. The Bertz CT molecular complexity index is 1000. The van der Waals surface area contributed by atoms with E-state index in [2.05, 4.69) is 22.3 Å². The Morgan fingerprint density at radius 3 is 2.90 bits per heavy atom. The highest BCUT2D eigenvalue weighted by atomic mass is 32.1. The summed E-state index contributed by atoms with van der Waals surface area (Å²) in [5.41, 5.74) is 1.77. The van der Waals surface area contributed by atoms with E-state index in [1.807, 2.05) is 30.3 Å². The number of fused-ring (bicyclic) bond motifs is 2. The zero-order chi connectivity index (χ0) is 19.6. The Morgan fingerprint density at radius 1 is 1.14 bits per heavy atom. The van der Waals surface area contributed by atoms with Crippen LogP contribution in [0.1, 0.15) is 30.3 Å². The van der Waals surface area contributed by atoms with Crippen molar-refractivity contribution in [1.29, 1.82) is 0 Å². The van der Waals surface area contributed by atoms with E-state index in [4.69, 9.17) is 14.5 Å². The number of aromatic nitrogens is 1. The molecule has 1 aromatic heterocycles. The lowest BCUT2D eigenvalue weighted by molar-refractivity contribution is -0.118. The largest absolute Gasteiger partial charge is 0.486 e. The topological polar surface area (TPSA) is 63.7 Å². The van der Waals surface area contributed by atoms with Crippen LogP contribution in [0.25, 0.3) is 10.2 Å². The van der Waals surface area contributed by atoms with Crippen molar-refractivity contribution in [3.8, 4) is 11.5 Å². The van der Waals surface area contributed by atoms with Crippen LogP contribution in [0.2, 0.25) is 0 Å². The van der Waals surface area contributed by atoms with Gasteiger partial charge in [0.2, 0.25) is 5.91 Å². The minimum atomic E-state index is -0.0188. The second-order valence-corrected chi connectivity index (χ2v) is 8.47. The zero-order valence-electron chi connectivity index (χ0n) is 16.1. The number of benzene rings is 2. The molecule has 1 unspecified atom stereocenters. The van der Waals surface area contributed by atoms with Gasteiger partial charge in [-0.3, -0.25) is 9.69 Å². The number of para-hydroxylation sites is 1. The average Bonchev–Trinajstić information content (AvgIpc) is 3.18. The Kier molecular flexibility index (Phi) is 5.08. The molecule has 150 valence electrons. The van der Waals surface area contributed by atoms with Crippen molar-refractivity contribution < 1.29 is 14.3 Å². The third kappa shape index (κ3) is 3.93. The van der Waals surface area contributed by atoms with Crippen LogP contribution in [-0.4, -0.2) is 42.1 Å². The first-order valence-corrected chi connectivity index (χ1v) is 10.9. The molecule has 0 radical (unpaired) electrons. The van der Waals surface area contributed by atoms with Gasteiger partial charge in [0, 0.05) is 11.8 Å². The smallest absolute Gasteiger partial charge is 0.238 e. The number of carbonyl (C=O) groups is 1. The van der Waals surface area contributed by atoms with Gasteiger partial charge < -0.3 is 14.8 Å². The minimum Gasteiger partial charge on any atom is -0.486 e. The van der Waals surface area contributed by atoms with Crippen LogP contribution < -0.4 is 14.8 Å². The fraction of sp³-hybridized carbons (Fsp3) is 0.364. The van der Waals surface area contributed by atoms with E-state index in [-0.39, 0.29) is 11.9 Å². The molecule has 0 aliphatic carbocycles. The van der Waals surface area contributed by atoms with E-state index in [1.54, 1.807) is 11.3 Å². The summed E-state index contributed by atoms with van der Waals surface area (Å²) in [4.78, 5) is 19.9. The molecule has 2 aliphatic rings. The summed E-state index contributed by atoms with van der Waals surface area (Å²) in [5, 5.41) is 4.11. The van der Waals surface area contributed by atoms with E-state index >= 15 is 0 Å². The number of hydrogen-bond donors (Lipinski definition) is 1. The van der Waals surface area contributed by atoms with Gasteiger partial charge in [0.1, 0.15) is 18.2 Å². The van der Waals surface area contributed by atoms with E-state index in [0.717, 1.165) is 41.3 Å². The number of rotatable bonds is 4. The molecule has 3 aromatic rings. The Balaban J connectivity index is 1.29. The van der Waals surface area contributed by atoms with Gasteiger partial charge in [0.05, 0.1) is 22.8 Å². The fourth-order valence-corrected chi connectivity index (χ4v) is 5.14. The van der Waals surface area contributed by atoms with Gasteiger partial charge in [-0.1, -0.05) is 18.6 Å². The zero-order valence-corrected chi connectivity index (χ0v) is 16.9. The first kappa shape index (κ1) is 18.4. The predicted octanol–water partition coefficient (Wildman–Crippen LogP) is 4.23. The van der Waals surface area contributed by atoms with E-state index in [0.29, 0.717) is 25.5 Å². The lowest BCUT2D eigenvalue weighted by Gasteiger charge is -2.33. The standard InChI is InChI=1S/C22H23N3O3S/c26-21(23-15-8-9-18-19(13-15)28-12-11-27-18)14-25-10-4-3-6-17(25)22-24-16-5-1-2-7-20(16)29-22/h1-2,5,7-9,13,17H,3-4,6,10-12,14H2,(H,23,26). The molecule has 0 saturated carbocycles. The molecule has 1 saturated heterocycles. The van der Waals surface area contributed by atoms with Crippen molar-refractivity contribution in [1.82, 2.24) is 9.88 Å². The number of ether oxygens (including phenoxy) is 2. The highest BCUT2D eigenvalue weighted by molar-refractivity contribution is 7.18. The summed E-state index contributed by atoms with van der Waals surface area (Å²) < 4.78 is 12.3. The number of likely N-dealkylation sites (tertiary alicyclic amines) is 1. The number of thiazole rings is 1. The fourth-order valence-electron chi connectivity index (χ4n) is 4.00. The van der Waals surface area contributed by atoms with Gasteiger partial charge in [-0.15, -0.1) is 11.3 Å². The van der Waals surface area contributed by atoms with Crippen LogP contribution in [0, 0.1) is 0 Å². The molecule has 1 atom stereocenters. The molecule has 2 aromatic carbocycles. The monoisotopic (exact) mass is 409 g/mol. The van der Waals surface area contributed by atoms with Crippen molar-refractivity contribution in [3.63, 3.8) is 0 Å². The van der Waals surface area contributed by atoms with Crippen LogP contribution in [0.5, 0.6) is 11.5 Å². The maximum absolute atomic E-state index is 12.8. The van der Waals surface area contributed by atoms with Gasteiger partial charge in [0.25, 0.3) is 0 Å². The Morgan fingerprint density at radius 2 is 2.00 bits per heavy atom. The normalized spacial score (nSPS) is 19.2. The molecule has 6 nitrogen and oxygen atoms in total. The summed E-state index contributed by atoms with van der Waals surface area (Å²) in [6.45, 7) is 2.35. The molecule has 3 heterocycles. The van der Waals surface area contributed by atoms with E-state index in [9.17, 15) is 4.79 Å². The summed E-state index contributed by atoms with van der Waals surface area (Å²) in [7, 11) is 0. The Labute approximate surface area is 173 Å². The number of carbonyl (C=O) groups excluding carboxylic acids is 1. The summed E-state index contributed by atoms with van der Waals surface area (Å²) in [6.07, 6.45) is 3.32. The van der Waals surface area contributed by atoms with Gasteiger partial charge in [-0.2, -0.15) is 0 Å². The van der Waals surface area contributed by atoms with Crippen LogP contribution >= 0.6 is 11.3 Å². The average molecular weight is 410 g/mol. The predicted molar refractivity (Wildman–Crippen MR) is 114 cm³/mol. The number of hydrogen-bond acceptors (Lipinski definition) is 6. The van der Waals surface area contributed by atoms with Crippen molar-refractivity contribution in [2.75, 3.05) is 31.6 Å². The van der Waals surface area contributed by atoms with E-state index in [1.165, 1.54) is 11.1 Å². The van der Waals surface area contributed by atoms with Crippen molar-refractivity contribution >= 4 is 33.1 Å². The molecule has 7 heteroatoms. The number of amides is 1. The van der Waals surface area contributed by atoms with Crippen LogP contribution in [-0.2, 0) is 4.79 Å². The van der Waals surface area contributed by atoms with Gasteiger partial charge in [0.15, 0.2) is 11.5 Å². The summed E-state index contributed by atoms with van der Waals surface area (Å²) >= 11 is 1.74. The number of piperidine rings is 1. The molecule has 1 amide bonds. The maximum atomic E-state index is 12.8. The second-order valence-electron chi connectivity index (χ2n) is 7.41. The minimum absolute atomic E-state index is 0.0188. The SMILES string of the molecule is O=C(CN1CCCCC1c1nc2ccccc2s1)Nc1ccc2c(c1)OCCO2. The summed E-state index contributed by atoms with van der Waals surface area (Å²) in [6, 6.07) is 14.0. The van der Waals surface area contributed by atoms with Gasteiger partial charge in [-0.25, -0.2) is 4.98 Å². The Hall–Kier alpha value is -2.64. The maximum Gasteiger partial charge on any atom is 0.238 e. The molecule has 1 fully saturated rings. The summed E-state index contributed by atoms with van der Waals surface area (Å²) in [5.74, 6) is 1.38. The van der Waals surface area contributed by atoms with Crippen LogP contribution in [0.3, 0.4) is 0 Å². The number of nitrogens with one attached hydrogen (secondary N) is 1. The molecule has 29 heavy (non-hydrogen) atoms. The number of anilines is 1. The molecular formula is C22H23N3O3S. The lowest BCUT2D eigenvalue weighted by Crippen LogP contribution is -2.39. The molecule has 5 rings (SSSR count). The van der Waals surface area contributed by atoms with Gasteiger partial charge in [-0.05, 0) is 43.7 Å². The van der Waals surface area contributed by atoms with Crippen LogP contribution in [0.4, 0.5) is 5.69 Å². The molecule has 2 aliphatic heterocycles. The number of nitrogens with zero attached hydrogens (tertiary/aromatic N) is 2. The second kappa shape index (κ2) is 8.00. The third-order valence-electron chi connectivity index (χ3n) is 5.38. The van der Waals surface area contributed by atoms with Crippen molar-refractivity contribution in [2.45, 2.75) is 25.3 Å². The molecule has 1 N–H and O–H groups in total. The lowest BCUT2D eigenvalue weighted by atomic mass is 10.0. The van der Waals surface area contributed by atoms with E-state index < -0.39 is 0 Å². The third-order valence-corrected chi connectivity index (χ3v) is 6.52. The van der Waals surface area contributed by atoms with Crippen molar-refractivity contribution in [3.05, 3.63) is 47.5 Å². The van der Waals surface area contributed by atoms with Crippen LogP contribution in [0.15, 0.2) is 42.5 Å². The first-order valence-electron chi connectivity index (χ1n) is 10.1. The molecule has 0 spiro atoms. The highest BCUT2D eigenvalue weighted by Gasteiger charge is 2.28. The molecule has 0 bridgehead atoms. The molecular weight excluding hydrogens is 386 g/mol.